The summed E-state index contributed by atoms with van der Waals surface area (Å²) >= 11 is 0. The van der Waals surface area contributed by atoms with Gasteiger partial charge in [0.05, 0.1) is 5.56 Å². The first-order valence-electron chi connectivity index (χ1n) is 10.5. The van der Waals surface area contributed by atoms with Gasteiger partial charge in [-0.05, 0) is 48.9 Å². The van der Waals surface area contributed by atoms with Gasteiger partial charge in [0.25, 0.3) is 5.91 Å². The smallest absolute Gasteiger partial charge is 0.438 e. The molecule has 0 aliphatic carbocycles. The Hall–Kier alpha value is -4.74. The van der Waals surface area contributed by atoms with Crippen LogP contribution in [0.1, 0.15) is 15.9 Å². The molecule has 2 N–H and O–H groups in total. The average molecular weight is 496 g/mol. The molecule has 0 bridgehead atoms. The highest BCUT2D eigenvalue weighted by Crippen LogP contribution is 2.33. The van der Waals surface area contributed by atoms with E-state index < -0.39 is 18.0 Å². The number of ether oxygens (including phenoxy) is 2. The van der Waals surface area contributed by atoms with E-state index in [1.54, 1.807) is 43.6 Å². The van der Waals surface area contributed by atoms with Gasteiger partial charge in [-0.3, -0.25) is 4.79 Å². The van der Waals surface area contributed by atoms with Crippen molar-refractivity contribution in [2.75, 3.05) is 17.7 Å². The molecule has 2 aromatic heterocycles. The molecule has 184 valence electrons. The van der Waals surface area contributed by atoms with Gasteiger partial charge in [0, 0.05) is 30.6 Å². The molecule has 0 aliphatic rings. The summed E-state index contributed by atoms with van der Waals surface area (Å²) in [6, 6.07) is 13.2. The number of alkyl halides is 3. The minimum absolute atomic E-state index is 0.0121. The summed E-state index contributed by atoms with van der Waals surface area (Å²) < 4.78 is 47.4. The molecule has 0 spiro atoms. The van der Waals surface area contributed by atoms with Gasteiger partial charge in [-0.25, -0.2) is 15.0 Å². The lowest BCUT2D eigenvalue weighted by Gasteiger charge is -2.13. The number of aromatic nitrogens is 4. The third-order valence-corrected chi connectivity index (χ3v) is 4.79. The van der Waals surface area contributed by atoms with Crippen LogP contribution in [0, 0.1) is 6.92 Å². The van der Waals surface area contributed by atoms with Gasteiger partial charge in [0.2, 0.25) is 11.8 Å². The Balaban J connectivity index is 1.56. The summed E-state index contributed by atoms with van der Waals surface area (Å²) in [6.07, 6.45) is -1.95. The SMILES string of the molecule is CNc1ncnc(-c2cccnc2Oc2cc(NC(=O)c3cccc(OC(F)(F)F)c3)ccc2C)n1. The number of nitrogens with zero attached hydrogens (tertiary/aromatic N) is 4. The lowest BCUT2D eigenvalue weighted by molar-refractivity contribution is -0.274. The molecular weight excluding hydrogens is 477 g/mol. The molecule has 9 nitrogen and oxygen atoms in total. The highest BCUT2D eigenvalue weighted by atomic mass is 19.4. The van der Waals surface area contributed by atoms with E-state index in [9.17, 15) is 18.0 Å². The van der Waals surface area contributed by atoms with Crippen molar-refractivity contribution in [2.45, 2.75) is 13.3 Å². The molecule has 12 heteroatoms. The number of benzene rings is 2. The third kappa shape index (κ3) is 6.03. The molecule has 4 rings (SSSR count). The highest BCUT2D eigenvalue weighted by molar-refractivity contribution is 6.04. The molecule has 2 heterocycles. The largest absolute Gasteiger partial charge is 0.573 e. The van der Waals surface area contributed by atoms with E-state index in [1.165, 1.54) is 18.5 Å². The van der Waals surface area contributed by atoms with Crippen LogP contribution in [0.25, 0.3) is 11.4 Å². The molecule has 0 saturated heterocycles. The number of anilines is 2. The number of rotatable bonds is 7. The molecule has 2 aromatic carbocycles. The predicted molar refractivity (Wildman–Crippen MR) is 125 cm³/mol. The Morgan fingerprint density at radius 3 is 2.61 bits per heavy atom. The second kappa shape index (κ2) is 10.3. The Kier molecular flexibility index (Phi) is 6.95. The monoisotopic (exact) mass is 496 g/mol. The second-order valence-corrected chi connectivity index (χ2v) is 7.35. The quantitative estimate of drug-likeness (QED) is 0.358. The van der Waals surface area contributed by atoms with Crippen molar-refractivity contribution in [3.8, 4) is 28.8 Å². The number of hydrogen-bond donors (Lipinski definition) is 2. The first kappa shape index (κ1) is 24.4. The number of hydrogen-bond acceptors (Lipinski definition) is 8. The number of pyridine rings is 1. The fourth-order valence-corrected chi connectivity index (χ4v) is 3.12. The Labute approximate surface area is 203 Å². The van der Waals surface area contributed by atoms with E-state index in [1.807, 2.05) is 6.92 Å². The van der Waals surface area contributed by atoms with Crippen LogP contribution in [0.3, 0.4) is 0 Å². The second-order valence-electron chi connectivity index (χ2n) is 7.35. The minimum atomic E-state index is -4.86. The van der Waals surface area contributed by atoms with Gasteiger partial charge in [-0.2, -0.15) is 4.98 Å². The Morgan fingerprint density at radius 2 is 1.83 bits per heavy atom. The van der Waals surface area contributed by atoms with Crippen LogP contribution in [-0.2, 0) is 0 Å². The van der Waals surface area contributed by atoms with Crippen molar-refractivity contribution in [3.63, 3.8) is 0 Å². The molecule has 0 unspecified atom stereocenters. The number of carbonyl (C=O) groups excluding carboxylic acids is 1. The van der Waals surface area contributed by atoms with Crippen LogP contribution in [0.15, 0.2) is 67.1 Å². The number of halogens is 3. The predicted octanol–water partition coefficient (Wildman–Crippen LogP) is 5.23. The molecule has 1 amide bonds. The van der Waals surface area contributed by atoms with Gasteiger partial charge in [0.15, 0.2) is 5.82 Å². The molecule has 36 heavy (non-hydrogen) atoms. The zero-order valence-electron chi connectivity index (χ0n) is 19.0. The zero-order valence-corrected chi connectivity index (χ0v) is 19.0. The Bertz CT molecular complexity index is 1400. The topological polar surface area (TPSA) is 111 Å². The maximum Gasteiger partial charge on any atom is 0.573 e. The molecule has 0 fully saturated rings. The summed E-state index contributed by atoms with van der Waals surface area (Å²) in [6.45, 7) is 1.81. The van der Waals surface area contributed by atoms with Crippen LogP contribution >= 0.6 is 0 Å². The fraction of sp³-hybridized carbons (Fsp3) is 0.125. The third-order valence-electron chi connectivity index (χ3n) is 4.79. The first-order valence-corrected chi connectivity index (χ1v) is 10.5. The van der Waals surface area contributed by atoms with Crippen molar-refractivity contribution < 1.29 is 27.4 Å². The first-order chi connectivity index (χ1) is 17.2. The number of amides is 1. The number of aryl methyl sites for hydroxylation is 1. The lowest BCUT2D eigenvalue weighted by atomic mass is 10.1. The maximum absolute atomic E-state index is 12.7. The molecule has 0 saturated carbocycles. The van der Waals surface area contributed by atoms with E-state index >= 15 is 0 Å². The van der Waals surface area contributed by atoms with Crippen LogP contribution in [-0.4, -0.2) is 39.3 Å². The van der Waals surface area contributed by atoms with E-state index in [0.29, 0.717) is 28.8 Å². The van der Waals surface area contributed by atoms with Crippen molar-refractivity contribution in [1.29, 1.82) is 0 Å². The highest BCUT2D eigenvalue weighted by Gasteiger charge is 2.31. The van der Waals surface area contributed by atoms with E-state index in [4.69, 9.17) is 4.74 Å². The summed E-state index contributed by atoms with van der Waals surface area (Å²) in [5, 5.41) is 5.49. The van der Waals surface area contributed by atoms with Crippen LogP contribution < -0.4 is 20.1 Å². The van der Waals surface area contributed by atoms with Crippen LogP contribution in [0.2, 0.25) is 0 Å². The molecule has 0 aliphatic heterocycles. The van der Waals surface area contributed by atoms with Crippen molar-refractivity contribution >= 4 is 17.5 Å². The standard InChI is InChI=1S/C24H19F3N6O3/c1-14-8-9-16(32-21(34)15-5-3-6-17(11-15)36-24(25,26)27)12-19(14)35-22-18(7-4-10-29-22)20-30-13-31-23(28-2)33-20/h3-13H,1-2H3,(H,32,34)(H,28,30,31,33). The van der Waals surface area contributed by atoms with E-state index in [2.05, 4.69) is 35.3 Å². The summed E-state index contributed by atoms with van der Waals surface area (Å²) in [5.41, 5.74) is 1.61. The fourth-order valence-electron chi connectivity index (χ4n) is 3.12. The van der Waals surface area contributed by atoms with Crippen molar-refractivity contribution in [2.24, 2.45) is 0 Å². The average Bonchev–Trinajstić information content (AvgIpc) is 2.85. The number of carbonyl (C=O) groups is 1. The number of nitrogens with one attached hydrogen (secondary N) is 2. The van der Waals surface area contributed by atoms with Gasteiger partial charge < -0.3 is 20.1 Å². The van der Waals surface area contributed by atoms with E-state index in [0.717, 1.165) is 17.7 Å². The summed E-state index contributed by atoms with van der Waals surface area (Å²) in [5.74, 6) is 0.228. The maximum atomic E-state index is 12.7. The molecule has 0 radical (unpaired) electrons. The summed E-state index contributed by atoms with van der Waals surface area (Å²) in [7, 11) is 1.68. The van der Waals surface area contributed by atoms with Crippen molar-refractivity contribution in [3.05, 3.63) is 78.2 Å². The summed E-state index contributed by atoms with van der Waals surface area (Å²) in [4.78, 5) is 29.4. The van der Waals surface area contributed by atoms with Gasteiger partial charge in [-0.1, -0.05) is 12.1 Å². The normalized spacial score (nSPS) is 11.0. The van der Waals surface area contributed by atoms with Crippen molar-refractivity contribution in [1.82, 2.24) is 19.9 Å². The van der Waals surface area contributed by atoms with Crippen LogP contribution in [0.4, 0.5) is 24.8 Å². The Morgan fingerprint density at radius 1 is 1.00 bits per heavy atom. The zero-order chi connectivity index (χ0) is 25.7. The molecular formula is C24H19F3N6O3. The minimum Gasteiger partial charge on any atom is -0.438 e. The van der Waals surface area contributed by atoms with Gasteiger partial charge >= 0.3 is 6.36 Å². The van der Waals surface area contributed by atoms with Crippen LogP contribution in [0.5, 0.6) is 17.4 Å². The van der Waals surface area contributed by atoms with Gasteiger partial charge in [-0.15, -0.1) is 13.2 Å². The van der Waals surface area contributed by atoms with Gasteiger partial charge in [0.1, 0.15) is 17.8 Å². The van der Waals surface area contributed by atoms with E-state index in [-0.39, 0.29) is 11.4 Å². The molecule has 0 atom stereocenters. The lowest BCUT2D eigenvalue weighted by Crippen LogP contribution is -2.18. The molecule has 4 aromatic rings.